The number of aliphatic carboxylic acids is 1. The Balaban J connectivity index is 2.73. The normalized spacial score (nSPS) is 22.8. The zero-order valence-electron chi connectivity index (χ0n) is 8.74. The molecule has 98 valence electrons. The summed E-state index contributed by atoms with van der Waals surface area (Å²) in [6.45, 7) is -0.949. The molecule has 2 N–H and O–H groups in total. The van der Waals surface area contributed by atoms with Crippen LogP contribution in [0.2, 0.25) is 0 Å². The molecule has 0 radical (unpaired) electrons. The van der Waals surface area contributed by atoms with Gasteiger partial charge in [-0.1, -0.05) is 0 Å². The van der Waals surface area contributed by atoms with Gasteiger partial charge in [-0.3, -0.25) is 4.79 Å². The quantitative estimate of drug-likeness (QED) is 0.592. The molecule has 1 heterocycles. The lowest BCUT2D eigenvalue weighted by Crippen LogP contribution is -2.44. The van der Waals surface area contributed by atoms with Crippen LogP contribution in [0.25, 0.3) is 0 Å². The highest BCUT2D eigenvalue weighted by Gasteiger charge is 2.38. The summed E-state index contributed by atoms with van der Waals surface area (Å²) in [6.07, 6.45) is -0.229. The number of carboxylic acids is 1. The van der Waals surface area contributed by atoms with E-state index in [1.807, 2.05) is 0 Å². The summed E-state index contributed by atoms with van der Waals surface area (Å²) in [6, 6.07) is -1.41. The zero-order valence-corrected chi connectivity index (χ0v) is 9.56. The van der Waals surface area contributed by atoms with Crippen LogP contribution in [-0.2, 0) is 19.8 Å². The number of aliphatic hydroxyl groups excluding tert-OH is 1. The van der Waals surface area contributed by atoms with Crippen LogP contribution < -0.4 is 0 Å². The molecule has 0 spiro atoms. The SMILES string of the molecule is O=C(O)[C@H](CO)N1CC(CS(=O)(=O)F)CC1=O. The summed E-state index contributed by atoms with van der Waals surface area (Å²) in [7, 11) is -4.70. The average Bonchev–Trinajstić information content (AvgIpc) is 2.44. The number of likely N-dealkylation sites (tertiary alicyclic amines) is 1. The van der Waals surface area contributed by atoms with Crippen LogP contribution in [0.1, 0.15) is 6.42 Å². The van der Waals surface area contributed by atoms with E-state index in [-0.39, 0.29) is 13.0 Å². The third-order valence-electron chi connectivity index (χ3n) is 2.51. The van der Waals surface area contributed by atoms with E-state index in [9.17, 15) is 21.9 Å². The summed E-state index contributed by atoms with van der Waals surface area (Å²) >= 11 is 0. The van der Waals surface area contributed by atoms with Gasteiger partial charge in [0.2, 0.25) is 5.91 Å². The highest BCUT2D eigenvalue weighted by Crippen LogP contribution is 2.22. The van der Waals surface area contributed by atoms with Crippen molar-refractivity contribution in [2.75, 3.05) is 18.9 Å². The first-order valence-electron chi connectivity index (χ1n) is 4.80. The summed E-state index contributed by atoms with van der Waals surface area (Å²) in [5.41, 5.74) is 0. The molecule has 9 heteroatoms. The highest BCUT2D eigenvalue weighted by atomic mass is 32.3. The second-order valence-electron chi connectivity index (χ2n) is 3.86. The lowest BCUT2D eigenvalue weighted by Gasteiger charge is -2.22. The first-order chi connectivity index (χ1) is 7.74. The van der Waals surface area contributed by atoms with E-state index in [4.69, 9.17) is 10.2 Å². The summed E-state index contributed by atoms with van der Waals surface area (Å²) in [5.74, 6) is -3.57. The predicted molar refractivity (Wildman–Crippen MR) is 53.2 cm³/mol. The van der Waals surface area contributed by atoms with E-state index in [0.717, 1.165) is 4.90 Å². The van der Waals surface area contributed by atoms with E-state index in [1.54, 1.807) is 0 Å². The van der Waals surface area contributed by atoms with E-state index in [0.29, 0.717) is 0 Å². The Hall–Kier alpha value is -1.22. The Morgan fingerprint density at radius 1 is 1.59 bits per heavy atom. The summed E-state index contributed by atoms with van der Waals surface area (Å²) in [4.78, 5) is 23.0. The molecule has 1 rings (SSSR count). The van der Waals surface area contributed by atoms with Crippen molar-refractivity contribution < 1.29 is 32.1 Å². The van der Waals surface area contributed by atoms with Crippen LogP contribution in [0, 0.1) is 5.92 Å². The Bertz CT molecular complexity index is 422. The van der Waals surface area contributed by atoms with Crippen LogP contribution in [0.5, 0.6) is 0 Å². The lowest BCUT2D eigenvalue weighted by atomic mass is 10.1. The largest absolute Gasteiger partial charge is 0.480 e. The molecular weight excluding hydrogens is 257 g/mol. The number of nitrogens with zero attached hydrogens (tertiary/aromatic N) is 1. The molecule has 1 aliphatic heterocycles. The van der Waals surface area contributed by atoms with E-state index >= 15 is 0 Å². The van der Waals surface area contributed by atoms with Gasteiger partial charge in [0, 0.05) is 18.9 Å². The standard InChI is InChI=1S/C8H12FNO6S/c9-17(15,16)4-5-1-7(12)10(2-5)6(3-11)8(13)14/h5-6,11H,1-4H2,(H,13,14)/t5?,6-/m0/s1. The number of halogens is 1. The van der Waals surface area contributed by atoms with Crippen LogP contribution in [0.4, 0.5) is 3.89 Å². The van der Waals surface area contributed by atoms with Gasteiger partial charge < -0.3 is 15.1 Å². The maximum atomic E-state index is 12.4. The van der Waals surface area contributed by atoms with Gasteiger partial charge in [-0.2, -0.15) is 8.42 Å². The van der Waals surface area contributed by atoms with Crippen molar-refractivity contribution in [1.82, 2.24) is 4.90 Å². The number of rotatable bonds is 5. The van der Waals surface area contributed by atoms with E-state index in [2.05, 4.69) is 0 Å². The van der Waals surface area contributed by atoms with Crippen LogP contribution in [-0.4, -0.2) is 60.4 Å². The molecule has 0 aromatic rings. The minimum Gasteiger partial charge on any atom is -0.480 e. The van der Waals surface area contributed by atoms with Crippen molar-refractivity contribution in [2.45, 2.75) is 12.5 Å². The second kappa shape index (κ2) is 4.96. The number of amides is 1. The molecule has 2 atom stereocenters. The number of carbonyl (C=O) groups excluding carboxylic acids is 1. The Labute approximate surface area is 97.0 Å². The first-order valence-corrected chi connectivity index (χ1v) is 6.35. The van der Waals surface area contributed by atoms with Crippen molar-refractivity contribution in [2.24, 2.45) is 5.92 Å². The molecule has 0 aromatic carbocycles. The molecule has 0 bridgehead atoms. The Morgan fingerprint density at radius 3 is 2.59 bits per heavy atom. The fraction of sp³-hybridized carbons (Fsp3) is 0.750. The Morgan fingerprint density at radius 2 is 2.18 bits per heavy atom. The van der Waals surface area contributed by atoms with Crippen molar-refractivity contribution >= 4 is 22.1 Å². The number of aliphatic hydroxyl groups is 1. The van der Waals surface area contributed by atoms with Crippen LogP contribution in [0.3, 0.4) is 0 Å². The Kier molecular flexibility index (Phi) is 4.04. The van der Waals surface area contributed by atoms with Gasteiger partial charge >= 0.3 is 16.2 Å². The van der Waals surface area contributed by atoms with Crippen LogP contribution in [0.15, 0.2) is 0 Å². The molecule has 0 aromatic heterocycles. The van der Waals surface area contributed by atoms with Gasteiger partial charge in [-0.15, -0.1) is 3.89 Å². The topological polar surface area (TPSA) is 112 Å². The van der Waals surface area contributed by atoms with E-state index in [1.165, 1.54) is 0 Å². The van der Waals surface area contributed by atoms with Crippen LogP contribution >= 0.6 is 0 Å². The minimum atomic E-state index is -4.70. The maximum Gasteiger partial charge on any atom is 0.328 e. The smallest absolute Gasteiger partial charge is 0.328 e. The molecule has 1 unspecified atom stereocenters. The molecule has 7 nitrogen and oxygen atoms in total. The number of carboxylic acid groups (broad SMARTS) is 1. The average molecular weight is 269 g/mol. The summed E-state index contributed by atoms with van der Waals surface area (Å²) in [5, 5.41) is 17.6. The number of hydrogen-bond acceptors (Lipinski definition) is 5. The van der Waals surface area contributed by atoms with Crippen molar-refractivity contribution in [1.29, 1.82) is 0 Å². The second-order valence-corrected chi connectivity index (χ2v) is 5.27. The number of hydrogen-bond donors (Lipinski definition) is 2. The monoisotopic (exact) mass is 269 g/mol. The molecule has 0 aliphatic carbocycles. The van der Waals surface area contributed by atoms with Gasteiger partial charge in [0.1, 0.15) is 0 Å². The fourth-order valence-corrected chi connectivity index (χ4v) is 2.60. The van der Waals surface area contributed by atoms with Gasteiger partial charge in [0.05, 0.1) is 12.4 Å². The fourth-order valence-electron chi connectivity index (χ4n) is 1.81. The van der Waals surface area contributed by atoms with E-state index < -0.39 is 46.4 Å². The zero-order chi connectivity index (χ0) is 13.2. The number of carbonyl (C=O) groups is 2. The lowest BCUT2D eigenvalue weighted by molar-refractivity contribution is -0.149. The molecular formula is C8H12FNO6S. The minimum absolute atomic E-state index is 0.181. The first kappa shape index (κ1) is 13.8. The van der Waals surface area contributed by atoms with Crippen molar-refractivity contribution in [3.63, 3.8) is 0 Å². The highest BCUT2D eigenvalue weighted by molar-refractivity contribution is 7.86. The maximum absolute atomic E-state index is 12.4. The van der Waals surface area contributed by atoms with Crippen molar-refractivity contribution in [3.8, 4) is 0 Å². The van der Waals surface area contributed by atoms with Gasteiger partial charge in [-0.25, -0.2) is 4.79 Å². The third-order valence-corrected chi connectivity index (χ3v) is 3.38. The molecule has 0 saturated carbocycles. The third kappa shape index (κ3) is 3.63. The molecule has 1 aliphatic rings. The van der Waals surface area contributed by atoms with Gasteiger partial charge in [0.25, 0.3) is 0 Å². The van der Waals surface area contributed by atoms with Gasteiger partial charge in [0.15, 0.2) is 6.04 Å². The predicted octanol–water partition coefficient (Wildman–Crippen LogP) is -1.42. The summed E-state index contributed by atoms with van der Waals surface area (Å²) < 4.78 is 33.2. The van der Waals surface area contributed by atoms with Crippen molar-refractivity contribution in [3.05, 3.63) is 0 Å². The molecule has 1 fully saturated rings. The van der Waals surface area contributed by atoms with Gasteiger partial charge in [-0.05, 0) is 0 Å². The molecule has 1 saturated heterocycles. The molecule has 1 amide bonds. The molecule has 17 heavy (non-hydrogen) atoms.